The highest BCUT2D eigenvalue weighted by Gasteiger charge is 2.11. The van der Waals surface area contributed by atoms with E-state index in [2.05, 4.69) is 22.2 Å². The van der Waals surface area contributed by atoms with Gasteiger partial charge in [0.15, 0.2) is 17.3 Å². The minimum atomic E-state index is 0.356. The van der Waals surface area contributed by atoms with Gasteiger partial charge in [-0.1, -0.05) is 43.1 Å². The molecule has 152 valence electrons. The van der Waals surface area contributed by atoms with Gasteiger partial charge in [-0.25, -0.2) is 0 Å². The van der Waals surface area contributed by atoms with E-state index in [1.165, 1.54) is 0 Å². The van der Waals surface area contributed by atoms with Crippen molar-refractivity contribution in [3.63, 3.8) is 0 Å². The summed E-state index contributed by atoms with van der Waals surface area (Å²) in [7, 11) is 1.61. The predicted molar refractivity (Wildman–Crippen MR) is 118 cm³/mol. The molecule has 0 aliphatic heterocycles. The number of unbranched alkanes of at least 4 members (excludes halogenated alkanes) is 1. The number of halogens is 1. The van der Waals surface area contributed by atoms with Gasteiger partial charge in [-0.15, -0.1) is 0 Å². The number of aromatic nitrogens is 3. The number of nitrogens with one attached hydrogen (secondary N) is 1. The number of aryl methyl sites for hydroxylation is 1. The van der Waals surface area contributed by atoms with Gasteiger partial charge in [0.25, 0.3) is 0 Å². The lowest BCUT2D eigenvalue weighted by Gasteiger charge is -2.13. The molecule has 8 heteroatoms. The zero-order valence-corrected chi connectivity index (χ0v) is 18.0. The first kappa shape index (κ1) is 21.1. The van der Waals surface area contributed by atoms with Crippen LogP contribution in [0.5, 0.6) is 11.5 Å². The summed E-state index contributed by atoms with van der Waals surface area (Å²) < 4.78 is 13.6. The second kappa shape index (κ2) is 10.2. The van der Waals surface area contributed by atoms with Crippen molar-refractivity contribution in [1.82, 2.24) is 14.9 Å². The lowest BCUT2D eigenvalue weighted by atomic mass is 10.2. The van der Waals surface area contributed by atoms with Crippen LogP contribution in [0.4, 0.5) is 0 Å². The fourth-order valence-electron chi connectivity index (χ4n) is 2.79. The normalized spacial score (nSPS) is 11.1. The molecule has 0 spiro atoms. The van der Waals surface area contributed by atoms with Crippen LogP contribution in [-0.4, -0.2) is 28.2 Å². The second-order valence-corrected chi connectivity index (χ2v) is 7.23. The van der Waals surface area contributed by atoms with E-state index < -0.39 is 0 Å². The van der Waals surface area contributed by atoms with E-state index in [0.717, 1.165) is 36.2 Å². The van der Waals surface area contributed by atoms with Gasteiger partial charge in [0.05, 0.1) is 13.3 Å². The third-order valence-corrected chi connectivity index (χ3v) is 4.78. The molecular formula is C21H23ClN4O2S. The molecule has 6 nitrogen and oxygen atoms in total. The van der Waals surface area contributed by atoms with E-state index in [-0.39, 0.29) is 0 Å². The molecule has 0 atom stereocenters. The van der Waals surface area contributed by atoms with Crippen molar-refractivity contribution in [2.24, 2.45) is 5.10 Å². The van der Waals surface area contributed by atoms with Gasteiger partial charge in [-0.05, 0) is 48.5 Å². The molecule has 0 radical (unpaired) electrons. The number of hydrogen-bond donors (Lipinski definition) is 1. The van der Waals surface area contributed by atoms with Crippen LogP contribution >= 0.6 is 23.8 Å². The second-order valence-electron chi connectivity index (χ2n) is 6.40. The fourth-order valence-corrected chi connectivity index (χ4v) is 3.20. The Balaban J connectivity index is 1.87. The lowest BCUT2D eigenvalue weighted by molar-refractivity contribution is 0.284. The van der Waals surface area contributed by atoms with Gasteiger partial charge in [0.1, 0.15) is 6.61 Å². The van der Waals surface area contributed by atoms with Crippen LogP contribution < -0.4 is 9.47 Å². The summed E-state index contributed by atoms with van der Waals surface area (Å²) in [5.41, 5.74) is 1.74. The van der Waals surface area contributed by atoms with E-state index in [0.29, 0.717) is 27.9 Å². The topological polar surface area (TPSA) is 64.4 Å². The number of benzene rings is 2. The molecule has 3 rings (SSSR count). The highest BCUT2D eigenvalue weighted by molar-refractivity contribution is 7.71. The number of methoxy groups -OCH3 is 1. The number of nitrogens with zero attached hydrogens (tertiary/aromatic N) is 3. The summed E-state index contributed by atoms with van der Waals surface area (Å²) in [6.07, 6.45) is 4.59. The Hall–Kier alpha value is -2.64. The zero-order chi connectivity index (χ0) is 20.6. The standard InChI is InChI=1S/C21H23ClN4O2S/c1-3-4-11-19-24-25-21(29)26(19)23-13-16-8-6-10-18(27-2)20(16)28-14-15-7-5-9-17(22)12-15/h5-10,12-13H,3-4,11,14H2,1-2H3,(H,25,29)/b23-13+. The van der Waals surface area contributed by atoms with Gasteiger partial charge in [-0.2, -0.15) is 14.9 Å². The summed E-state index contributed by atoms with van der Waals surface area (Å²) in [4.78, 5) is 0. The first-order valence-corrected chi connectivity index (χ1v) is 10.2. The summed E-state index contributed by atoms with van der Waals surface area (Å²) in [5, 5.41) is 12.3. The molecule has 2 aromatic carbocycles. The van der Waals surface area contributed by atoms with Gasteiger partial charge in [0.2, 0.25) is 4.77 Å². The molecule has 0 bridgehead atoms. The maximum Gasteiger partial charge on any atom is 0.216 e. The quantitative estimate of drug-likeness (QED) is 0.364. The van der Waals surface area contributed by atoms with Crippen LogP contribution in [0.3, 0.4) is 0 Å². The summed E-state index contributed by atoms with van der Waals surface area (Å²) in [6, 6.07) is 13.2. The van der Waals surface area contributed by atoms with Crippen LogP contribution in [0.1, 0.15) is 36.7 Å². The SMILES string of the molecule is CCCCc1n[nH]c(=S)n1/N=C/c1cccc(OC)c1OCc1cccc(Cl)c1. The van der Waals surface area contributed by atoms with Crippen LogP contribution in [-0.2, 0) is 13.0 Å². The summed E-state index contributed by atoms with van der Waals surface area (Å²) >= 11 is 11.4. The van der Waals surface area contributed by atoms with Crippen LogP contribution in [0.15, 0.2) is 47.6 Å². The van der Waals surface area contributed by atoms with Gasteiger partial charge < -0.3 is 9.47 Å². The van der Waals surface area contributed by atoms with Crippen molar-refractivity contribution in [3.8, 4) is 11.5 Å². The maximum absolute atomic E-state index is 6.07. The minimum absolute atomic E-state index is 0.356. The molecule has 1 aromatic heterocycles. The Morgan fingerprint density at radius 1 is 1.28 bits per heavy atom. The van der Waals surface area contributed by atoms with E-state index in [1.807, 2.05) is 42.5 Å². The van der Waals surface area contributed by atoms with Crippen LogP contribution in [0.2, 0.25) is 5.02 Å². The molecule has 0 saturated carbocycles. The molecule has 0 unspecified atom stereocenters. The number of para-hydroxylation sites is 1. The van der Waals surface area contributed by atoms with E-state index in [4.69, 9.17) is 33.3 Å². The van der Waals surface area contributed by atoms with Crippen molar-refractivity contribution in [2.75, 3.05) is 7.11 Å². The number of ether oxygens (including phenoxy) is 2. The summed E-state index contributed by atoms with van der Waals surface area (Å²) in [6.45, 7) is 2.49. The van der Waals surface area contributed by atoms with E-state index >= 15 is 0 Å². The monoisotopic (exact) mass is 430 g/mol. The summed E-state index contributed by atoms with van der Waals surface area (Å²) in [5.74, 6) is 2.03. The molecule has 1 N–H and O–H groups in total. The average Bonchev–Trinajstić information content (AvgIpc) is 3.08. The largest absolute Gasteiger partial charge is 0.493 e. The molecule has 0 fully saturated rings. The molecule has 29 heavy (non-hydrogen) atoms. The number of H-pyrrole nitrogens is 1. The third kappa shape index (κ3) is 5.46. The van der Waals surface area contributed by atoms with Gasteiger partial charge in [0, 0.05) is 17.0 Å². The molecule has 3 aromatic rings. The van der Waals surface area contributed by atoms with Gasteiger partial charge in [-0.3, -0.25) is 5.10 Å². The molecule has 0 aliphatic carbocycles. The Labute approximate surface area is 180 Å². The third-order valence-electron chi connectivity index (χ3n) is 4.29. The van der Waals surface area contributed by atoms with Crippen molar-refractivity contribution in [2.45, 2.75) is 32.8 Å². The number of hydrogen-bond acceptors (Lipinski definition) is 5. The van der Waals surface area contributed by atoms with Crippen molar-refractivity contribution in [3.05, 3.63) is 69.2 Å². The van der Waals surface area contributed by atoms with E-state index in [9.17, 15) is 0 Å². The number of aromatic amines is 1. The fraction of sp³-hybridized carbons (Fsp3) is 0.286. The Morgan fingerprint density at radius 2 is 2.10 bits per heavy atom. The molecule has 0 amide bonds. The van der Waals surface area contributed by atoms with Crippen molar-refractivity contribution in [1.29, 1.82) is 0 Å². The molecule has 0 aliphatic rings. The first-order valence-electron chi connectivity index (χ1n) is 9.37. The zero-order valence-electron chi connectivity index (χ0n) is 16.4. The highest BCUT2D eigenvalue weighted by Crippen LogP contribution is 2.31. The minimum Gasteiger partial charge on any atom is -0.493 e. The maximum atomic E-state index is 6.07. The highest BCUT2D eigenvalue weighted by atomic mass is 35.5. The predicted octanol–water partition coefficient (Wildman–Crippen LogP) is 5.41. The smallest absolute Gasteiger partial charge is 0.216 e. The average molecular weight is 431 g/mol. The van der Waals surface area contributed by atoms with Gasteiger partial charge >= 0.3 is 0 Å². The van der Waals surface area contributed by atoms with E-state index in [1.54, 1.807) is 18.0 Å². The Morgan fingerprint density at radius 3 is 2.86 bits per heavy atom. The number of rotatable bonds is 9. The molecule has 1 heterocycles. The van der Waals surface area contributed by atoms with Crippen molar-refractivity contribution >= 4 is 30.0 Å². The molecular weight excluding hydrogens is 408 g/mol. The Bertz CT molecular complexity index is 1050. The lowest BCUT2D eigenvalue weighted by Crippen LogP contribution is -2.03. The Kier molecular flexibility index (Phi) is 7.43. The van der Waals surface area contributed by atoms with Crippen molar-refractivity contribution < 1.29 is 9.47 Å². The molecule has 0 saturated heterocycles. The first-order chi connectivity index (χ1) is 14.1. The van der Waals surface area contributed by atoms with Crippen LogP contribution in [0, 0.1) is 4.77 Å². The van der Waals surface area contributed by atoms with Crippen LogP contribution in [0.25, 0.3) is 0 Å².